The van der Waals surface area contributed by atoms with Gasteiger partial charge in [0.25, 0.3) is 0 Å². The number of rotatable bonds is 5. The number of ether oxygens (including phenoxy) is 3. The first-order valence-corrected chi connectivity index (χ1v) is 19.0. The fourth-order valence-corrected chi connectivity index (χ4v) is 6.75. The van der Waals surface area contributed by atoms with Crippen LogP contribution in [0.2, 0.25) is 18.1 Å². The van der Waals surface area contributed by atoms with Gasteiger partial charge in [0.15, 0.2) is 8.32 Å². The van der Waals surface area contributed by atoms with Gasteiger partial charge in [-0.3, -0.25) is 0 Å². The van der Waals surface area contributed by atoms with E-state index in [1.165, 1.54) is 11.6 Å². The van der Waals surface area contributed by atoms with Gasteiger partial charge in [0.05, 0.1) is 31.0 Å². The van der Waals surface area contributed by atoms with E-state index in [1.54, 1.807) is 6.08 Å². The third-order valence-corrected chi connectivity index (χ3v) is 13.4. The minimum absolute atomic E-state index is 0.0336. The summed E-state index contributed by atoms with van der Waals surface area (Å²) in [5, 5.41) is 10.8. The van der Waals surface area contributed by atoms with Crippen molar-refractivity contribution in [2.75, 3.05) is 6.61 Å². The molecule has 7 atom stereocenters. The topological polar surface area (TPSA) is 74.2 Å². The Morgan fingerprint density at radius 2 is 1.84 bits per heavy atom. The van der Waals surface area contributed by atoms with E-state index in [9.17, 15) is 9.90 Å². The molecule has 7 heteroatoms. The predicted octanol–water partition coefficient (Wildman–Crippen LogP) is 7.92. The van der Waals surface area contributed by atoms with Gasteiger partial charge in [-0.2, -0.15) is 0 Å². The summed E-state index contributed by atoms with van der Waals surface area (Å²) >= 11 is 0. The molecule has 0 amide bonds. The van der Waals surface area contributed by atoms with Crippen molar-refractivity contribution in [3.05, 3.63) is 72.4 Å². The van der Waals surface area contributed by atoms with Crippen molar-refractivity contribution in [3.8, 4) is 0 Å². The van der Waals surface area contributed by atoms with Crippen molar-refractivity contribution in [2.45, 2.75) is 134 Å². The maximum atomic E-state index is 13.2. The summed E-state index contributed by atoms with van der Waals surface area (Å²) in [6.45, 7) is 20.2. The highest BCUT2D eigenvalue weighted by Crippen LogP contribution is 2.38. The summed E-state index contributed by atoms with van der Waals surface area (Å²) in [5.74, 6) is -0.00889. The fraction of sp³-hybridized carbons (Fsp3) is 0.639. The summed E-state index contributed by atoms with van der Waals surface area (Å²) in [6, 6.07) is 0. The number of aliphatic hydroxyl groups is 1. The fourth-order valence-electron chi connectivity index (χ4n) is 5.48. The standard InChI is InChI=1S/C36H56O6Si/c1-26-20-21-39-31(24-26)18-19-34(42-43(7,8)36(4,5)6)33-16-9-12-29(37)23-27(2)22-28(3)25-32-15-10-13-30(40-32)14-11-17-35(38)41-33/h9-13,17-20,28-34,37H,2,14-16,21-25H2,1,3-8H3/b12-9+,17-11-,19-18+/t28-,29-,30-,31+,32-,33-,34+/m0/s1. The minimum atomic E-state index is -2.25. The molecule has 1 N–H and O–H groups in total. The lowest BCUT2D eigenvalue weighted by Crippen LogP contribution is -2.47. The number of hydrogen-bond acceptors (Lipinski definition) is 6. The van der Waals surface area contributed by atoms with Crippen molar-refractivity contribution in [2.24, 2.45) is 5.92 Å². The second kappa shape index (κ2) is 16.3. The molecule has 2 bridgehead atoms. The molecule has 0 spiro atoms. The van der Waals surface area contributed by atoms with Crippen LogP contribution in [0.15, 0.2) is 72.4 Å². The molecule has 0 saturated carbocycles. The van der Waals surface area contributed by atoms with Crippen molar-refractivity contribution >= 4 is 14.3 Å². The quantitative estimate of drug-likeness (QED) is 0.193. The molecule has 0 aromatic heterocycles. The number of cyclic esters (lactones) is 1. The van der Waals surface area contributed by atoms with E-state index >= 15 is 0 Å². The van der Waals surface area contributed by atoms with Crippen LogP contribution in [0.3, 0.4) is 0 Å². The zero-order valence-corrected chi connectivity index (χ0v) is 28.6. The maximum absolute atomic E-state index is 13.2. The normalized spacial score (nSPS) is 32.8. The van der Waals surface area contributed by atoms with Crippen molar-refractivity contribution < 1.29 is 28.5 Å². The SMILES string of the molecule is C=C1C[C@H](C)C[C@@H]2CC=C[C@@H](C/C=C\C(=O)O[C@H]([C@@H](/C=C/[C@@H]3CC(C)=CCO3)O[Si](C)(C)C(C)(C)C)C/C=C/[C@H](O)C1)O2. The Labute approximate surface area is 261 Å². The number of carbonyl (C=O) groups excluding carboxylic acids is 1. The Bertz CT molecular complexity index is 1080. The van der Waals surface area contributed by atoms with Gasteiger partial charge in [-0.05, 0) is 69.5 Å². The molecule has 0 radical (unpaired) electrons. The van der Waals surface area contributed by atoms with Crippen LogP contribution in [0, 0.1) is 5.92 Å². The molecule has 3 rings (SSSR count). The lowest BCUT2D eigenvalue weighted by Gasteiger charge is -2.40. The Kier molecular flexibility index (Phi) is 13.5. The molecule has 3 heterocycles. The van der Waals surface area contributed by atoms with E-state index in [0.717, 1.165) is 31.3 Å². The smallest absolute Gasteiger partial charge is 0.330 e. The number of esters is 1. The highest BCUT2D eigenvalue weighted by atomic mass is 28.4. The van der Waals surface area contributed by atoms with Crippen LogP contribution >= 0.6 is 0 Å². The molecule has 6 nitrogen and oxygen atoms in total. The first-order valence-electron chi connectivity index (χ1n) is 16.1. The van der Waals surface area contributed by atoms with Crippen LogP contribution in [0.25, 0.3) is 0 Å². The average Bonchev–Trinajstić information content (AvgIpc) is 2.89. The second-order valence-corrected chi connectivity index (χ2v) is 18.9. The van der Waals surface area contributed by atoms with Gasteiger partial charge in [0, 0.05) is 12.5 Å². The lowest BCUT2D eigenvalue weighted by molar-refractivity contribution is -0.146. The van der Waals surface area contributed by atoms with Crippen molar-refractivity contribution in [1.82, 2.24) is 0 Å². The largest absolute Gasteiger partial charge is 0.456 e. The third-order valence-electron chi connectivity index (χ3n) is 8.92. The molecule has 43 heavy (non-hydrogen) atoms. The summed E-state index contributed by atoms with van der Waals surface area (Å²) in [6.07, 6.45) is 20.8. The zero-order chi connectivity index (χ0) is 31.6. The van der Waals surface area contributed by atoms with Gasteiger partial charge < -0.3 is 23.7 Å². The van der Waals surface area contributed by atoms with E-state index in [0.29, 0.717) is 31.8 Å². The Morgan fingerprint density at radius 1 is 1.09 bits per heavy atom. The monoisotopic (exact) mass is 612 g/mol. The summed E-state index contributed by atoms with van der Waals surface area (Å²) in [5.41, 5.74) is 2.32. The van der Waals surface area contributed by atoms with E-state index in [1.807, 2.05) is 18.2 Å². The number of hydrogen-bond donors (Lipinski definition) is 1. The third kappa shape index (κ3) is 12.1. The molecule has 0 unspecified atom stereocenters. The van der Waals surface area contributed by atoms with Crippen LogP contribution in [-0.2, 0) is 23.4 Å². The predicted molar refractivity (Wildman–Crippen MR) is 177 cm³/mol. The van der Waals surface area contributed by atoms with Gasteiger partial charge in [0.2, 0.25) is 0 Å². The van der Waals surface area contributed by atoms with Crippen LogP contribution < -0.4 is 0 Å². The number of fused-ring (bicyclic) bond motifs is 2. The van der Waals surface area contributed by atoms with E-state index < -0.39 is 32.6 Å². The molecule has 0 aromatic carbocycles. The number of carbonyl (C=O) groups is 1. The van der Waals surface area contributed by atoms with E-state index in [2.05, 4.69) is 78.6 Å². The van der Waals surface area contributed by atoms with E-state index in [-0.39, 0.29) is 23.4 Å². The summed E-state index contributed by atoms with van der Waals surface area (Å²) in [7, 11) is -2.25. The second-order valence-electron chi connectivity index (χ2n) is 14.2. The summed E-state index contributed by atoms with van der Waals surface area (Å²) in [4.78, 5) is 13.2. The van der Waals surface area contributed by atoms with Crippen molar-refractivity contribution in [3.63, 3.8) is 0 Å². The van der Waals surface area contributed by atoms with Gasteiger partial charge in [0.1, 0.15) is 12.2 Å². The first-order chi connectivity index (χ1) is 20.2. The molecule has 0 fully saturated rings. The molecule has 3 aliphatic rings. The lowest BCUT2D eigenvalue weighted by atomic mass is 9.91. The van der Waals surface area contributed by atoms with Crippen LogP contribution in [0.5, 0.6) is 0 Å². The molecule has 0 saturated heterocycles. The molecular weight excluding hydrogens is 556 g/mol. The Hall–Kier alpha value is -2.03. The summed E-state index contributed by atoms with van der Waals surface area (Å²) < 4.78 is 25.3. The van der Waals surface area contributed by atoms with Gasteiger partial charge in [-0.25, -0.2) is 4.79 Å². The van der Waals surface area contributed by atoms with Gasteiger partial charge >= 0.3 is 5.97 Å². The zero-order valence-electron chi connectivity index (χ0n) is 27.6. The van der Waals surface area contributed by atoms with E-state index in [4.69, 9.17) is 18.6 Å². The van der Waals surface area contributed by atoms with Crippen LogP contribution in [-0.4, -0.2) is 62.6 Å². The highest BCUT2D eigenvalue weighted by Gasteiger charge is 2.41. The molecule has 0 aliphatic carbocycles. The average molecular weight is 613 g/mol. The Morgan fingerprint density at radius 3 is 2.56 bits per heavy atom. The minimum Gasteiger partial charge on any atom is -0.456 e. The number of aliphatic hydroxyl groups excluding tert-OH is 1. The highest BCUT2D eigenvalue weighted by molar-refractivity contribution is 6.74. The first kappa shape index (κ1) is 35.4. The molecule has 3 aliphatic heterocycles. The molecular formula is C36H56O6Si. The van der Waals surface area contributed by atoms with Crippen LogP contribution in [0.4, 0.5) is 0 Å². The van der Waals surface area contributed by atoms with Crippen LogP contribution in [0.1, 0.15) is 79.6 Å². The van der Waals surface area contributed by atoms with Crippen molar-refractivity contribution in [1.29, 1.82) is 0 Å². The Balaban J connectivity index is 1.89. The van der Waals surface area contributed by atoms with Gasteiger partial charge in [-0.15, -0.1) is 0 Å². The van der Waals surface area contributed by atoms with Gasteiger partial charge in [-0.1, -0.05) is 94.0 Å². The maximum Gasteiger partial charge on any atom is 0.330 e. The molecule has 0 aromatic rings. The molecule has 240 valence electrons.